The van der Waals surface area contributed by atoms with E-state index in [-0.39, 0.29) is 25.9 Å². The maximum Gasteiger partial charge on any atom is 0.335 e. The van der Waals surface area contributed by atoms with Crippen molar-refractivity contribution in [3.63, 3.8) is 0 Å². The van der Waals surface area contributed by atoms with Crippen LogP contribution in [0.4, 0.5) is 0 Å². The molecule has 1 saturated heterocycles. The maximum atomic E-state index is 13.2. The first kappa shape index (κ1) is 78.7. The second-order valence-electron chi connectivity index (χ2n) is 23.1. The van der Waals surface area contributed by atoms with Crippen molar-refractivity contribution >= 4 is 23.9 Å². The SMILES string of the molecule is CC/C=C\C/C=C\C/C=C\C/C=C\C/C=C\CCCCCC(=O)OCC(COC1OC(C(=O)O)C(O)C(O)C1OC(=O)CCCCCCCCC/C=C\C/C=C\C/C=C\CC)OC(=O)CCCCCCCCCCCCCCCCCCCCC. The van der Waals surface area contributed by atoms with Crippen LogP contribution >= 0.6 is 0 Å². The fourth-order valence-electron chi connectivity index (χ4n) is 10.00. The van der Waals surface area contributed by atoms with Crippen molar-refractivity contribution in [3.8, 4) is 0 Å². The van der Waals surface area contributed by atoms with Crippen LogP contribution in [0, 0.1) is 0 Å². The zero-order valence-corrected chi connectivity index (χ0v) is 53.8. The monoisotopic (exact) mass is 1190 g/mol. The first-order chi connectivity index (χ1) is 41.6. The highest BCUT2D eigenvalue weighted by atomic mass is 16.7. The van der Waals surface area contributed by atoms with Crippen LogP contribution in [-0.2, 0) is 42.9 Å². The lowest BCUT2D eigenvalue weighted by atomic mass is 9.98. The minimum absolute atomic E-state index is 0.0432. The molecule has 0 aromatic heterocycles. The summed E-state index contributed by atoms with van der Waals surface area (Å²) in [5.74, 6) is -3.16. The van der Waals surface area contributed by atoms with Gasteiger partial charge in [-0.25, -0.2) is 4.79 Å². The number of rotatable bonds is 58. The lowest BCUT2D eigenvalue weighted by Gasteiger charge is -2.40. The van der Waals surface area contributed by atoms with E-state index in [1.165, 1.54) is 96.3 Å². The lowest BCUT2D eigenvalue weighted by molar-refractivity contribution is -0.301. The second-order valence-corrected chi connectivity index (χ2v) is 23.1. The van der Waals surface area contributed by atoms with Gasteiger partial charge in [-0.15, -0.1) is 0 Å². The Bertz CT molecular complexity index is 1840. The molecule has 0 amide bonds. The molecule has 0 saturated carbocycles. The summed E-state index contributed by atoms with van der Waals surface area (Å²) in [6.45, 7) is 5.78. The normalized spacial score (nSPS) is 18.1. The van der Waals surface area contributed by atoms with Gasteiger partial charge in [0, 0.05) is 19.3 Å². The summed E-state index contributed by atoms with van der Waals surface area (Å²) in [6, 6.07) is 0. The highest BCUT2D eigenvalue weighted by Crippen LogP contribution is 2.27. The molecule has 12 nitrogen and oxygen atoms in total. The van der Waals surface area contributed by atoms with Gasteiger partial charge < -0.3 is 39.0 Å². The molecule has 0 spiro atoms. The molecule has 486 valence electrons. The van der Waals surface area contributed by atoms with Gasteiger partial charge in [0.2, 0.25) is 0 Å². The Morgan fingerprint density at radius 1 is 0.400 bits per heavy atom. The molecule has 12 heteroatoms. The Balaban J connectivity index is 2.67. The van der Waals surface area contributed by atoms with Gasteiger partial charge in [-0.3, -0.25) is 14.4 Å². The molecule has 1 heterocycles. The molecule has 0 aromatic rings. The molecule has 1 rings (SSSR count). The van der Waals surface area contributed by atoms with E-state index in [4.69, 9.17) is 23.7 Å². The Hall–Kier alpha value is -4.36. The van der Waals surface area contributed by atoms with Crippen LogP contribution in [0.2, 0.25) is 0 Å². The quantitative estimate of drug-likeness (QED) is 0.0228. The van der Waals surface area contributed by atoms with Gasteiger partial charge >= 0.3 is 23.9 Å². The minimum Gasteiger partial charge on any atom is -0.479 e. The topological polar surface area (TPSA) is 175 Å². The number of ether oxygens (including phenoxy) is 5. The predicted octanol–water partition coefficient (Wildman–Crippen LogP) is 18.8. The number of aliphatic carboxylic acids is 1. The number of esters is 3. The van der Waals surface area contributed by atoms with Crippen LogP contribution in [0.25, 0.3) is 0 Å². The van der Waals surface area contributed by atoms with Gasteiger partial charge in [-0.1, -0.05) is 272 Å². The largest absolute Gasteiger partial charge is 0.479 e. The summed E-state index contributed by atoms with van der Waals surface area (Å²) in [7, 11) is 0. The van der Waals surface area contributed by atoms with E-state index in [1.54, 1.807) is 0 Å². The Morgan fingerprint density at radius 3 is 1.14 bits per heavy atom. The molecular weight excluding hydrogens is 1070 g/mol. The molecule has 0 aliphatic carbocycles. The van der Waals surface area contributed by atoms with E-state index >= 15 is 0 Å². The summed E-state index contributed by atoms with van der Waals surface area (Å²) in [4.78, 5) is 51.4. The van der Waals surface area contributed by atoms with Gasteiger partial charge in [0.25, 0.3) is 0 Å². The number of carbonyl (C=O) groups excluding carboxylic acids is 3. The number of allylic oxidation sites excluding steroid dienone is 16. The highest BCUT2D eigenvalue weighted by Gasteiger charge is 2.50. The number of hydrogen-bond acceptors (Lipinski definition) is 11. The average Bonchev–Trinajstić information content (AvgIpc) is 3.46. The molecule has 1 aliphatic heterocycles. The van der Waals surface area contributed by atoms with Gasteiger partial charge in [-0.2, -0.15) is 0 Å². The molecule has 0 radical (unpaired) electrons. The number of aliphatic hydroxyl groups excluding tert-OH is 2. The molecule has 0 aromatic carbocycles. The number of aliphatic hydroxyl groups is 2. The standard InChI is InChI=1S/C73H122O12/c1-4-7-10-13-16-19-22-25-28-31-33-36-38-41-44-47-50-53-56-59-65(74)81-62-64(83-66(75)60-57-54-51-48-45-42-40-37-34-32-29-26-23-20-17-14-11-8-5-2)63-82-73-71(69(78)68(77)70(85-73)72(79)80)84-67(76)61-58-55-52-49-46-43-39-35-30-27-24-21-18-15-12-9-6-3/h7,9-10,12,16,18-19,21,25,27-28,30,33,36,41,44,64,68-71,73,77-78H,4-6,8,11,13-15,17,20,22-24,26,29,31-32,34-35,37-40,42-43,45-63H2,1-3H3,(H,79,80)/b10-7-,12-9-,19-16-,21-18-,28-25-,30-27-,36-33-,44-41-. The fraction of sp³-hybridized carbons (Fsp3) is 0.726. The van der Waals surface area contributed by atoms with E-state index in [2.05, 4.69) is 118 Å². The smallest absolute Gasteiger partial charge is 0.335 e. The van der Waals surface area contributed by atoms with Crippen molar-refractivity contribution in [2.24, 2.45) is 0 Å². The molecule has 1 fully saturated rings. The van der Waals surface area contributed by atoms with Crippen molar-refractivity contribution in [2.45, 2.75) is 327 Å². The number of carboxylic acid groups (broad SMARTS) is 1. The van der Waals surface area contributed by atoms with Gasteiger partial charge in [0.15, 0.2) is 24.6 Å². The molecule has 85 heavy (non-hydrogen) atoms. The first-order valence-electron chi connectivity index (χ1n) is 34.2. The zero-order valence-electron chi connectivity index (χ0n) is 53.8. The lowest BCUT2D eigenvalue weighted by Crippen LogP contribution is -2.61. The van der Waals surface area contributed by atoms with Crippen LogP contribution in [-0.4, -0.2) is 89.2 Å². The summed E-state index contributed by atoms with van der Waals surface area (Å²) in [5, 5.41) is 31.6. The number of unbranched alkanes of at least 4 members (excludes halogenated alkanes) is 28. The van der Waals surface area contributed by atoms with Gasteiger partial charge in [-0.05, 0) is 96.3 Å². The molecule has 1 aliphatic rings. The summed E-state index contributed by atoms with van der Waals surface area (Å²) in [5.41, 5.74) is 0. The zero-order chi connectivity index (χ0) is 61.7. The van der Waals surface area contributed by atoms with E-state index in [0.29, 0.717) is 19.3 Å². The Morgan fingerprint density at radius 2 is 0.741 bits per heavy atom. The number of carbonyl (C=O) groups is 4. The van der Waals surface area contributed by atoms with Crippen molar-refractivity contribution in [3.05, 3.63) is 97.2 Å². The van der Waals surface area contributed by atoms with E-state index in [9.17, 15) is 34.5 Å². The maximum absolute atomic E-state index is 13.2. The summed E-state index contributed by atoms with van der Waals surface area (Å²) < 4.78 is 28.6. The third-order valence-corrected chi connectivity index (χ3v) is 15.2. The summed E-state index contributed by atoms with van der Waals surface area (Å²) in [6.07, 6.45) is 67.9. The first-order valence-corrected chi connectivity index (χ1v) is 34.2. The fourth-order valence-corrected chi connectivity index (χ4v) is 10.00. The van der Waals surface area contributed by atoms with Crippen molar-refractivity contribution in [1.29, 1.82) is 0 Å². The van der Waals surface area contributed by atoms with E-state index < -0.39 is 67.3 Å². The second kappa shape index (κ2) is 59.9. The van der Waals surface area contributed by atoms with Gasteiger partial charge in [0.1, 0.15) is 18.8 Å². The molecular formula is C73H122O12. The number of carboxylic acids is 1. The molecule has 0 bridgehead atoms. The third-order valence-electron chi connectivity index (χ3n) is 15.2. The summed E-state index contributed by atoms with van der Waals surface area (Å²) >= 11 is 0. The van der Waals surface area contributed by atoms with Crippen LogP contribution in [0.1, 0.15) is 290 Å². The Kier molecular flexibility index (Phi) is 55.5. The minimum atomic E-state index is -1.92. The van der Waals surface area contributed by atoms with Crippen LogP contribution in [0.3, 0.4) is 0 Å². The van der Waals surface area contributed by atoms with Crippen molar-refractivity contribution < 1.29 is 58.2 Å². The molecule has 3 N–H and O–H groups in total. The molecule has 6 unspecified atom stereocenters. The molecule has 6 atom stereocenters. The van der Waals surface area contributed by atoms with Crippen molar-refractivity contribution in [2.75, 3.05) is 13.2 Å². The van der Waals surface area contributed by atoms with Crippen LogP contribution in [0.5, 0.6) is 0 Å². The van der Waals surface area contributed by atoms with Crippen LogP contribution < -0.4 is 0 Å². The number of hydrogen-bond donors (Lipinski definition) is 3. The average molecular weight is 1190 g/mol. The predicted molar refractivity (Wildman–Crippen MR) is 349 cm³/mol. The van der Waals surface area contributed by atoms with Gasteiger partial charge in [0.05, 0.1) is 6.61 Å². The Labute approximate surface area is 517 Å². The third kappa shape index (κ3) is 49.3. The van der Waals surface area contributed by atoms with E-state index in [0.717, 1.165) is 135 Å². The van der Waals surface area contributed by atoms with E-state index in [1.807, 2.05) is 0 Å². The van der Waals surface area contributed by atoms with Crippen molar-refractivity contribution in [1.82, 2.24) is 0 Å². The van der Waals surface area contributed by atoms with Crippen LogP contribution in [0.15, 0.2) is 97.2 Å². The highest BCUT2D eigenvalue weighted by molar-refractivity contribution is 5.74.